The molecule has 1 unspecified atom stereocenters. The lowest BCUT2D eigenvalue weighted by Gasteiger charge is -2.17. The van der Waals surface area contributed by atoms with Crippen molar-refractivity contribution in [3.05, 3.63) is 59.4 Å². The zero-order chi connectivity index (χ0) is 22.4. The van der Waals surface area contributed by atoms with Crippen molar-refractivity contribution < 1.29 is 14.3 Å². The Morgan fingerprint density at radius 1 is 1.19 bits per heavy atom. The van der Waals surface area contributed by atoms with Gasteiger partial charge < -0.3 is 19.4 Å². The van der Waals surface area contributed by atoms with Crippen molar-refractivity contribution in [2.45, 2.75) is 45.5 Å². The molecule has 0 fully saturated rings. The highest BCUT2D eigenvalue weighted by Gasteiger charge is 2.20. The molecule has 31 heavy (non-hydrogen) atoms. The molecule has 3 rings (SSSR count). The molecule has 1 heterocycles. The van der Waals surface area contributed by atoms with E-state index in [0.29, 0.717) is 23.1 Å². The van der Waals surface area contributed by atoms with Crippen LogP contribution in [0.5, 0.6) is 11.5 Å². The van der Waals surface area contributed by atoms with Crippen LogP contribution in [-0.2, 0) is 11.3 Å². The summed E-state index contributed by atoms with van der Waals surface area (Å²) in [4.78, 5) is 12.4. The molecule has 2 aromatic carbocycles. The smallest absolute Gasteiger partial charge is 0.234 e. The predicted octanol–water partition coefficient (Wildman–Crippen LogP) is 4.79. The Balaban J connectivity index is 1.65. The van der Waals surface area contributed by atoms with Gasteiger partial charge in [0, 0.05) is 18.3 Å². The molecule has 0 saturated heterocycles. The van der Waals surface area contributed by atoms with Gasteiger partial charge in [-0.3, -0.25) is 4.79 Å². The summed E-state index contributed by atoms with van der Waals surface area (Å²) in [6.45, 7) is 8.78. The van der Waals surface area contributed by atoms with Gasteiger partial charge in [-0.05, 0) is 57.0 Å². The average molecular weight is 441 g/mol. The number of carbonyl (C=O) groups excluding carboxylic acids is 1. The monoisotopic (exact) mass is 440 g/mol. The van der Waals surface area contributed by atoms with Gasteiger partial charge in [0.05, 0.1) is 12.9 Å². The molecule has 8 heteroatoms. The fourth-order valence-electron chi connectivity index (χ4n) is 3.13. The summed E-state index contributed by atoms with van der Waals surface area (Å²) in [5.41, 5.74) is 2.99. The third-order valence-corrected chi connectivity index (χ3v) is 5.94. The number of aryl methyl sites for hydroxylation is 1. The number of rotatable bonds is 9. The summed E-state index contributed by atoms with van der Waals surface area (Å²) in [6, 6.07) is 13.3. The summed E-state index contributed by atoms with van der Waals surface area (Å²) in [7, 11) is 1.59. The van der Waals surface area contributed by atoms with Crippen LogP contribution in [0.15, 0.2) is 47.6 Å². The van der Waals surface area contributed by atoms with E-state index in [9.17, 15) is 4.79 Å². The molecule has 0 aliphatic heterocycles. The van der Waals surface area contributed by atoms with Crippen LogP contribution in [0.3, 0.4) is 0 Å². The van der Waals surface area contributed by atoms with E-state index in [1.54, 1.807) is 13.2 Å². The molecular formula is C23H28N4O3S. The lowest BCUT2D eigenvalue weighted by molar-refractivity contribution is -0.113. The second-order valence-corrected chi connectivity index (χ2v) is 8.05. The van der Waals surface area contributed by atoms with E-state index >= 15 is 0 Å². The maximum atomic E-state index is 12.4. The van der Waals surface area contributed by atoms with Gasteiger partial charge in [0.2, 0.25) is 5.91 Å². The number of thioether (sulfide) groups is 1. The number of hydrogen-bond acceptors (Lipinski definition) is 6. The second-order valence-electron chi connectivity index (χ2n) is 7.11. The molecule has 1 atom stereocenters. The number of benzene rings is 2. The topological polar surface area (TPSA) is 78.3 Å². The largest absolute Gasteiger partial charge is 0.497 e. The lowest BCUT2D eigenvalue weighted by Crippen LogP contribution is -2.15. The first kappa shape index (κ1) is 22.7. The van der Waals surface area contributed by atoms with Crippen LogP contribution in [-0.4, -0.2) is 33.5 Å². The van der Waals surface area contributed by atoms with Crippen molar-refractivity contribution in [1.29, 1.82) is 0 Å². The van der Waals surface area contributed by atoms with Crippen molar-refractivity contribution in [2.24, 2.45) is 0 Å². The zero-order valence-corrected chi connectivity index (χ0v) is 19.3. The van der Waals surface area contributed by atoms with Crippen LogP contribution in [0, 0.1) is 13.8 Å². The molecule has 7 nitrogen and oxygen atoms in total. The van der Waals surface area contributed by atoms with Crippen molar-refractivity contribution in [3.8, 4) is 11.5 Å². The second kappa shape index (κ2) is 10.3. The summed E-state index contributed by atoms with van der Waals surface area (Å²) < 4.78 is 13.3. The maximum absolute atomic E-state index is 12.4. The van der Waals surface area contributed by atoms with E-state index in [0.717, 1.165) is 17.1 Å². The first-order valence-electron chi connectivity index (χ1n) is 10.2. The molecule has 0 spiro atoms. The van der Waals surface area contributed by atoms with E-state index < -0.39 is 0 Å². The van der Waals surface area contributed by atoms with Crippen molar-refractivity contribution in [2.75, 3.05) is 18.2 Å². The van der Waals surface area contributed by atoms with Crippen molar-refractivity contribution in [1.82, 2.24) is 14.8 Å². The SMILES string of the molecule is CCn1c(SCC(=O)Nc2cccc(OC)c2)nnc1C(C)Oc1cccc(C)c1C. The Bertz CT molecular complexity index is 1050. The Morgan fingerprint density at radius 2 is 1.97 bits per heavy atom. The standard InChI is InChI=1S/C23H28N4O3S/c1-6-27-22(17(4)30-20-12-7-9-15(2)16(20)3)25-26-23(27)31-14-21(28)24-18-10-8-11-19(13-18)29-5/h7-13,17H,6,14H2,1-5H3,(H,24,28). The van der Waals surface area contributed by atoms with Gasteiger partial charge in [0.1, 0.15) is 11.5 Å². The number of ether oxygens (including phenoxy) is 2. The van der Waals surface area contributed by atoms with Gasteiger partial charge in [-0.2, -0.15) is 0 Å². The highest BCUT2D eigenvalue weighted by atomic mass is 32.2. The quantitative estimate of drug-likeness (QED) is 0.482. The summed E-state index contributed by atoms with van der Waals surface area (Å²) in [5.74, 6) is 2.37. The molecule has 0 aliphatic carbocycles. The van der Waals surface area contributed by atoms with Crippen LogP contribution >= 0.6 is 11.8 Å². The molecule has 0 aliphatic rings. The molecule has 1 aromatic heterocycles. The zero-order valence-electron chi connectivity index (χ0n) is 18.5. The molecule has 1 amide bonds. The van der Waals surface area contributed by atoms with Crippen LogP contribution in [0.1, 0.15) is 36.9 Å². The number of hydrogen-bond donors (Lipinski definition) is 1. The highest BCUT2D eigenvalue weighted by Crippen LogP contribution is 2.28. The molecular weight excluding hydrogens is 412 g/mol. The van der Waals surface area contributed by atoms with Gasteiger partial charge in [-0.25, -0.2) is 0 Å². The molecule has 164 valence electrons. The summed E-state index contributed by atoms with van der Waals surface area (Å²) in [5, 5.41) is 12.2. The number of nitrogens with one attached hydrogen (secondary N) is 1. The molecule has 1 N–H and O–H groups in total. The number of aromatic nitrogens is 3. The number of anilines is 1. The normalized spacial score (nSPS) is 11.8. The highest BCUT2D eigenvalue weighted by molar-refractivity contribution is 7.99. The first-order chi connectivity index (χ1) is 14.9. The summed E-state index contributed by atoms with van der Waals surface area (Å²) in [6.07, 6.45) is -0.270. The van der Waals surface area contributed by atoms with Gasteiger partial charge in [0.25, 0.3) is 0 Å². The van der Waals surface area contributed by atoms with Crippen LogP contribution < -0.4 is 14.8 Å². The van der Waals surface area contributed by atoms with E-state index in [1.165, 1.54) is 17.3 Å². The van der Waals surface area contributed by atoms with Crippen molar-refractivity contribution >= 4 is 23.4 Å². The Kier molecular flexibility index (Phi) is 7.57. The lowest BCUT2D eigenvalue weighted by atomic mass is 10.1. The van der Waals surface area contributed by atoms with E-state index in [-0.39, 0.29) is 17.8 Å². The fraction of sp³-hybridized carbons (Fsp3) is 0.348. The Labute approximate surface area is 187 Å². The molecule has 0 radical (unpaired) electrons. The molecule has 0 saturated carbocycles. The van der Waals surface area contributed by atoms with Gasteiger partial charge in [-0.15, -0.1) is 10.2 Å². The maximum Gasteiger partial charge on any atom is 0.234 e. The number of amides is 1. The van der Waals surface area contributed by atoms with E-state index in [1.807, 2.05) is 55.7 Å². The van der Waals surface area contributed by atoms with Gasteiger partial charge >= 0.3 is 0 Å². The van der Waals surface area contributed by atoms with Gasteiger partial charge in [-0.1, -0.05) is 30.0 Å². The minimum absolute atomic E-state index is 0.120. The van der Waals surface area contributed by atoms with Crippen LogP contribution in [0.4, 0.5) is 5.69 Å². The van der Waals surface area contributed by atoms with Crippen LogP contribution in [0.2, 0.25) is 0 Å². The predicted molar refractivity (Wildman–Crippen MR) is 123 cm³/mol. The number of nitrogens with zero attached hydrogens (tertiary/aromatic N) is 3. The van der Waals surface area contributed by atoms with Crippen molar-refractivity contribution in [3.63, 3.8) is 0 Å². The average Bonchev–Trinajstić information content (AvgIpc) is 3.18. The minimum atomic E-state index is -0.270. The molecule has 0 bridgehead atoms. The first-order valence-corrected chi connectivity index (χ1v) is 11.1. The molecule has 3 aromatic rings. The third-order valence-electron chi connectivity index (χ3n) is 4.97. The minimum Gasteiger partial charge on any atom is -0.497 e. The summed E-state index contributed by atoms with van der Waals surface area (Å²) >= 11 is 1.35. The number of carbonyl (C=O) groups is 1. The number of methoxy groups -OCH3 is 1. The Morgan fingerprint density at radius 3 is 2.71 bits per heavy atom. The van der Waals surface area contributed by atoms with E-state index in [4.69, 9.17) is 9.47 Å². The Hall–Kier alpha value is -3.00. The van der Waals surface area contributed by atoms with E-state index in [2.05, 4.69) is 28.5 Å². The van der Waals surface area contributed by atoms with Crippen LogP contribution in [0.25, 0.3) is 0 Å². The third kappa shape index (κ3) is 5.58. The van der Waals surface area contributed by atoms with Gasteiger partial charge in [0.15, 0.2) is 17.1 Å². The fourth-order valence-corrected chi connectivity index (χ4v) is 3.94.